The maximum Gasteiger partial charge on any atom is 0.276 e. The molecule has 0 aromatic heterocycles. The van der Waals surface area contributed by atoms with Crippen molar-refractivity contribution in [3.05, 3.63) is 64.2 Å². The van der Waals surface area contributed by atoms with E-state index in [9.17, 15) is 19.7 Å². The minimum absolute atomic E-state index is 0.131. The summed E-state index contributed by atoms with van der Waals surface area (Å²) in [5.41, 5.74) is 4.42. The summed E-state index contributed by atoms with van der Waals surface area (Å²) in [5.74, 6) is -0.0383. The zero-order valence-electron chi connectivity index (χ0n) is 13.2. The van der Waals surface area contributed by atoms with Crippen LogP contribution in [0.5, 0.6) is 11.5 Å². The van der Waals surface area contributed by atoms with Gasteiger partial charge >= 0.3 is 0 Å². The van der Waals surface area contributed by atoms with Crippen LogP contribution < -0.4 is 20.3 Å². The third kappa shape index (κ3) is 5.20. The fraction of sp³-hybridized carbons (Fsp3) is 0.125. The van der Waals surface area contributed by atoms with E-state index in [1.165, 1.54) is 31.4 Å². The van der Waals surface area contributed by atoms with Crippen molar-refractivity contribution in [2.75, 3.05) is 13.7 Å². The van der Waals surface area contributed by atoms with Gasteiger partial charge in [-0.25, -0.2) is 0 Å². The molecule has 2 aromatic carbocycles. The number of nitro benzene ring substituents is 1. The van der Waals surface area contributed by atoms with Gasteiger partial charge in [0, 0.05) is 17.7 Å². The minimum atomic E-state index is -0.604. The van der Waals surface area contributed by atoms with Crippen molar-refractivity contribution in [2.45, 2.75) is 0 Å². The van der Waals surface area contributed by atoms with Crippen molar-refractivity contribution in [3.8, 4) is 11.5 Å². The molecule has 0 aliphatic heterocycles. The molecule has 0 saturated heterocycles. The number of ether oxygens (including phenoxy) is 2. The van der Waals surface area contributed by atoms with Gasteiger partial charge in [-0.15, -0.1) is 0 Å². The smallest absolute Gasteiger partial charge is 0.276 e. The van der Waals surface area contributed by atoms with Crippen LogP contribution in [0.15, 0.2) is 48.5 Å². The van der Waals surface area contributed by atoms with Gasteiger partial charge in [0.15, 0.2) is 6.61 Å². The standard InChI is InChI=1S/C16H15N3O6/c1-24-13-6-8-14(9-7-13)25-10-15(20)17-18-16(21)11-2-4-12(5-3-11)19(22)23/h2-9H,10H2,1H3,(H,17,20)(H,18,21). The van der Waals surface area contributed by atoms with Crippen LogP contribution in [0.3, 0.4) is 0 Å². The highest BCUT2D eigenvalue weighted by Gasteiger charge is 2.10. The molecular weight excluding hydrogens is 330 g/mol. The number of rotatable bonds is 6. The van der Waals surface area contributed by atoms with Crippen LogP contribution in [-0.4, -0.2) is 30.5 Å². The lowest BCUT2D eigenvalue weighted by Crippen LogP contribution is -2.43. The number of hydrazine groups is 1. The third-order valence-electron chi connectivity index (χ3n) is 3.09. The van der Waals surface area contributed by atoms with Crippen LogP contribution in [0.25, 0.3) is 0 Å². The van der Waals surface area contributed by atoms with E-state index in [-0.39, 0.29) is 17.9 Å². The number of amides is 2. The summed E-state index contributed by atoms with van der Waals surface area (Å²) in [6, 6.07) is 11.6. The highest BCUT2D eigenvalue weighted by molar-refractivity contribution is 5.95. The number of carbonyl (C=O) groups excluding carboxylic acids is 2. The summed E-state index contributed by atoms with van der Waals surface area (Å²) in [5, 5.41) is 10.5. The van der Waals surface area contributed by atoms with Crippen LogP contribution >= 0.6 is 0 Å². The zero-order chi connectivity index (χ0) is 18.2. The normalized spacial score (nSPS) is 9.80. The Morgan fingerprint density at radius 2 is 1.60 bits per heavy atom. The van der Waals surface area contributed by atoms with Gasteiger partial charge in [-0.2, -0.15) is 0 Å². The van der Waals surface area contributed by atoms with Crippen molar-refractivity contribution >= 4 is 17.5 Å². The Kier molecular flexibility index (Phi) is 5.88. The molecule has 0 bridgehead atoms. The lowest BCUT2D eigenvalue weighted by Gasteiger charge is -2.09. The second-order valence-electron chi connectivity index (χ2n) is 4.77. The molecule has 2 rings (SSSR count). The van der Waals surface area contributed by atoms with Crippen LogP contribution in [0, 0.1) is 10.1 Å². The van der Waals surface area contributed by atoms with Gasteiger partial charge in [-0.05, 0) is 36.4 Å². The monoisotopic (exact) mass is 345 g/mol. The van der Waals surface area contributed by atoms with Crippen molar-refractivity contribution in [2.24, 2.45) is 0 Å². The molecule has 0 radical (unpaired) electrons. The van der Waals surface area contributed by atoms with Crippen LogP contribution in [0.1, 0.15) is 10.4 Å². The summed E-state index contributed by atoms with van der Waals surface area (Å²) < 4.78 is 10.3. The van der Waals surface area contributed by atoms with Gasteiger partial charge in [-0.1, -0.05) is 0 Å². The van der Waals surface area contributed by atoms with Crippen molar-refractivity contribution in [1.29, 1.82) is 0 Å². The van der Waals surface area contributed by atoms with E-state index in [1.54, 1.807) is 24.3 Å². The summed E-state index contributed by atoms with van der Waals surface area (Å²) in [4.78, 5) is 33.5. The van der Waals surface area contributed by atoms with Gasteiger partial charge in [0.05, 0.1) is 12.0 Å². The second kappa shape index (κ2) is 8.29. The second-order valence-corrected chi connectivity index (χ2v) is 4.77. The van der Waals surface area contributed by atoms with Crippen molar-refractivity contribution in [1.82, 2.24) is 10.9 Å². The first kappa shape index (κ1) is 17.7. The van der Waals surface area contributed by atoms with Crippen molar-refractivity contribution in [3.63, 3.8) is 0 Å². The first-order chi connectivity index (χ1) is 12.0. The SMILES string of the molecule is COc1ccc(OCC(=O)NNC(=O)c2ccc([N+](=O)[O-])cc2)cc1. The predicted octanol–water partition coefficient (Wildman–Crippen LogP) is 1.44. The quantitative estimate of drug-likeness (QED) is 0.604. The molecule has 2 amide bonds. The van der Waals surface area contributed by atoms with Gasteiger partial charge in [-0.3, -0.25) is 30.6 Å². The fourth-order valence-corrected chi connectivity index (χ4v) is 1.79. The molecule has 0 aliphatic rings. The number of methoxy groups -OCH3 is 1. The van der Waals surface area contributed by atoms with Crippen LogP contribution in [0.2, 0.25) is 0 Å². The minimum Gasteiger partial charge on any atom is -0.497 e. The predicted molar refractivity (Wildman–Crippen MR) is 87.2 cm³/mol. The Morgan fingerprint density at radius 3 is 2.16 bits per heavy atom. The third-order valence-corrected chi connectivity index (χ3v) is 3.09. The largest absolute Gasteiger partial charge is 0.497 e. The summed E-state index contributed by atoms with van der Waals surface area (Å²) in [7, 11) is 1.54. The lowest BCUT2D eigenvalue weighted by molar-refractivity contribution is -0.384. The highest BCUT2D eigenvalue weighted by Crippen LogP contribution is 2.16. The summed E-state index contributed by atoms with van der Waals surface area (Å²) in [6.45, 7) is -0.299. The van der Waals surface area contributed by atoms with Gasteiger partial charge in [0.1, 0.15) is 11.5 Å². The van der Waals surface area contributed by atoms with E-state index in [4.69, 9.17) is 9.47 Å². The number of non-ortho nitro benzene ring substituents is 1. The first-order valence-electron chi connectivity index (χ1n) is 7.10. The van der Waals surface area contributed by atoms with Gasteiger partial charge < -0.3 is 9.47 Å². The number of hydrogen-bond acceptors (Lipinski definition) is 6. The molecule has 2 aromatic rings. The van der Waals surface area contributed by atoms with Crippen LogP contribution in [-0.2, 0) is 4.79 Å². The molecule has 0 heterocycles. The lowest BCUT2D eigenvalue weighted by atomic mass is 10.2. The van der Waals surface area contributed by atoms with E-state index >= 15 is 0 Å². The number of nitrogens with one attached hydrogen (secondary N) is 2. The molecule has 0 spiro atoms. The summed E-state index contributed by atoms with van der Waals surface area (Å²) in [6.07, 6.45) is 0. The van der Waals surface area contributed by atoms with Gasteiger partial charge in [0.25, 0.3) is 17.5 Å². The average Bonchev–Trinajstić information content (AvgIpc) is 2.64. The van der Waals surface area contributed by atoms with E-state index in [0.717, 1.165) is 0 Å². The zero-order valence-corrected chi connectivity index (χ0v) is 13.2. The van der Waals surface area contributed by atoms with E-state index in [1.807, 2.05) is 0 Å². The maximum atomic E-state index is 11.8. The molecule has 0 fully saturated rings. The van der Waals surface area contributed by atoms with Crippen LogP contribution in [0.4, 0.5) is 5.69 Å². The average molecular weight is 345 g/mol. The Morgan fingerprint density at radius 1 is 1.00 bits per heavy atom. The Hall–Kier alpha value is -3.62. The van der Waals surface area contributed by atoms with Crippen molar-refractivity contribution < 1.29 is 24.0 Å². The molecule has 130 valence electrons. The molecule has 0 unspecified atom stereocenters. The van der Waals surface area contributed by atoms with E-state index in [2.05, 4.69) is 10.9 Å². The molecule has 9 nitrogen and oxygen atoms in total. The molecule has 0 aliphatic carbocycles. The Labute approximate surface area is 142 Å². The Bertz CT molecular complexity index is 758. The molecule has 0 saturated carbocycles. The van der Waals surface area contributed by atoms with E-state index < -0.39 is 16.7 Å². The molecule has 0 atom stereocenters. The number of nitro groups is 1. The van der Waals surface area contributed by atoms with E-state index in [0.29, 0.717) is 11.5 Å². The molecular formula is C16H15N3O6. The highest BCUT2D eigenvalue weighted by atomic mass is 16.6. The Balaban J connectivity index is 1.78. The number of nitrogens with zero attached hydrogens (tertiary/aromatic N) is 1. The summed E-state index contributed by atoms with van der Waals surface area (Å²) >= 11 is 0. The molecule has 2 N–H and O–H groups in total. The maximum absolute atomic E-state index is 11.8. The number of hydrogen-bond donors (Lipinski definition) is 2. The topological polar surface area (TPSA) is 120 Å². The number of carbonyl (C=O) groups is 2. The fourth-order valence-electron chi connectivity index (χ4n) is 1.79. The van der Waals surface area contributed by atoms with Gasteiger partial charge in [0.2, 0.25) is 0 Å². The molecule has 25 heavy (non-hydrogen) atoms. The molecule has 9 heteroatoms. The first-order valence-corrected chi connectivity index (χ1v) is 7.10. The number of benzene rings is 2.